The number of rotatable bonds is 1. The molecule has 0 aliphatic carbocycles. The van der Waals surface area contributed by atoms with Gasteiger partial charge in [-0.1, -0.05) is 11.6 Å². The largest absolute Gasteiger partial charge is 0.298 e. The van der Waals surface area contributed by atoms with E-state index in [1.165, 1.54) is 6.07 Å². The summed E-state index contributed by atoms with van der Waals surface area (Å²) in [6, 6.07) is 1.47. The topological polar surface area (TPSA) is 17.1 Å². The van der Waals surface area contributed by atoms with E-state index in [-0.39, 0.29) is 10.6 Å². The highest BCUT2D eigenvalue weighted by Gasteiger charge is 2.12. The third-order valence-corrected chi connectivity index (χ3v) is 2.82. The van der Waals surface area contributed by atoms with Crippen molar-refractivity contribution < 1.29 is 9.18 Å². The fourth-order valence-corrected chi connectivity index (χ4v) is 1.51. The Bertz CT molecular complexity index is 312. The summed E-state index contributed by atoms with van der Waals surface area (Å²) in [4.78, 5) is 10.4. The lowest BCUT2D eigenvalue weighted by atomic mass is 10.1. The minimum Gasteiger partial charge on any atom is -0.298 e. The molecule has 0 N–H and O–H groups in total. The number of carbonyl (C=O) groups is 1. The standard InChI is InChI=1S/C8H5BrClFO/c1-4-2-6(10)8(11)5(3-12)7(4)9/h2-3H,1H3. The predicted octanol–water partition coefficient (Wildman–Crippen LogP) is 3.36. The maximum Gasteiger partial charge on any atom is 0.154 e. The summed E-state index contributed by atoms with van der Waals surface area (Å²) in [6.07, 6.45) is 0.443. The fraction of sp³-hybridized carbons (Fsp3) is 0.125. The SMILES string of the molecule is Cc1cc(Cl)c(F)c(C=O)c1Br. The summed E-state index contributed by atoms with van der Waals surface area (Å²) in [7, 11) is 0. The van der Waals surface area contributed by atoms with Gasteiger partial charge >= 0.3 is 0 Å². The average molecular weight is 251 g/mol. The first-order valence-corrected chi connectivity index (χ1v) is 4.34. The normalized spacial score (nSPS) is 10.0. The van der Waals surface area contributed by atoms with E-state index in [9.17, 15) is 9.18 Å². The van der Waals surface area contributed by atoms with Gasteiger partial charge in [-0.3, -0.25) is 4.79 Å². The fourth-order valence-electron chi connectivity index (χ4n) is 0.858. The van der Waals surface area contributed by atoms with Crippen molar-refractivity contribution in [3.63, 3.8) is 0 Å². The smallest absolute Gasteiger partial charge is 0.154 e. The van der Waals surface area contributed by atoms with E-state index >= 15 is 0 Å². The van der Waals surface area contributed by atoms with E-state index in [2.05, 4.69) is 15.9 Å². The first kappa shape index (κ1) is 9.68. The molecule has 0 saturated carbocycles. The van der Waals surface area contributed by atoms with E-state index in [0.717, 1.165) is 5.56 Å². The maximum absolute atomic E-state index is 13.0. The van der Waals surface area contributed by atoms with Crippen molar-refractivity contribution in [2.75, 3.05) is 0 Å². The molecule has 0 saturated heterocycles. The van der Waals surface area contributed by atoms with Crippen molar-refractivity contribution in [1.29, 1.82) is 0 Å². The first-order valence-electron chi connectivity index (χ1n) is 3.17. The molecule has 0 aliphatic rings. The lowest BCUT2D eigenvalue weighted by Gasteiger charge is -2.03. The van der Waals surface area contributed by atoms with Crippen molar-refractivity contribution in [3.8, 4) is 0 Å². The Balaban J connectivity index is 3.52. The van der Waals surface area contributed by atoms with Crippen LogP contribution < -0.4 is 0 Å². The Morgan fingerprint density at radius 3 is 2.75 bits per heavy atom. The van der Waals surface area contributed by atoms with Gasteiger partial charge in [0, 0.05) is 4.47 Å². The molecule has 64 valence electrons. The molecule has 0 atom stereocenters. The van der Waals surface area contributed by atoms with Gasteiger partial charge < -0.3 is 0 Å². The van der Waals surface area contributed by atoms with Crippen LogP contribution in [0.3, 0.4) is 0 Å². The molecule has 1 aromatic carbocycles. The molecule has 1 rings (SSSR count). The van der Waals surface area contributed by atoms with Crippen molar-refractivity contribution >= 4 is 33.8 Å². The van der Waals surface area contributed by atoms with Gasteiger partial charge in [0.1, 0.15) is 0 Å². The van der Waals surface area contributed by atoms with E-state index in [4.69, 9.17) is 11.6 Å². The van der Waals surface area contributed by atoms with Crippen LogP contribution in [-0.4, -0.2) is 6.29 Å². The van der Waals surface area contributed by atoms with Crippen LogP contribution in [0.4, 0.5) is 4.39 Å². The predicted molar refractivity (Wildman–Crippen MR) is 49.2 cm³/mol. The van der Waals surface area contributed by atoms with Gasteiger partial charge in [-0.2, -0.15) is 0 Å². The van der Waals surface area contributed by atoms with Gasteiger partial charge in [0.2, 0.25) is 0 Å². The van der Waals surface area contributed by atoms with Gasteiger partial charge in [-0.05, 0) is 34.5 Å². The summed E-state index contributed by atoms with van der Waals surface area (Å²) in [5.74, 6) is -0.677. The Labute approximate surface area is 82.7 Å². The van der Waals surface area contributed by atoms with Gasteiger partial charge in [0.15, 0.2) is 12.1 Å². The molecule has 0 spiro atoms. The quantitative estimate of drug-likeness (QED) is 0.552. The molecule has 12 heavy (non-hydrogen) atoms. The van der Waals surface area contributed by atoms with Crippen LogP contribution in [0.2, 0.25) is 5.02 Å². The zero-order valence-electron chi connectivity index (χ0n) is 6.20. The summed E-state index contributed by atoms with van der Waals surface area (Å²) in [6.45, 7) is 1.74. The molecule has 1 aromatic rings. The Morgan fingerprint density at radius 1 is 1.67 bits per heavy atom. The van der Waals surface area contributed by atoms with Crippen LogP contribution in [0.1, 0.15) is 15.9 Å². The molecular weight excluding hydrogens is 246 g/mol. The number of hydrogen-bond donors (Lipinski definition) is 0. The molecule has 0 aromatic heterocycles. The third-order valence-electron chi connectivity index (χ3n) is 1.49. The van der Waals surface area contributed by atoms with Crippen LogP contribution >= 0.6 is 27.5 Å². The summed E-state index contributed by atoms with van der Waals surface area (Å²) >= 11 is 8.61. The van der Waals surface area contributed by atoms with Crippen molar-refractivity contribution in [1.82, 2.24) is 0 Å². The molecule has 4 heteroatoms. The maximum atomic E-state index is 13.0. The van der Waals surface area contributed by atoms with Gasteiger partial charge in [0.05, 0.1) is 10.6 Å². The van der Waals surface area contributed by atoms with E-state index < -0.39 is 5.82 Å². The van der Waals surface area contributed by atoms with Gasteiger partial charge in [0.25, 0.3) is 0 Å². The number of carbonyl (C=O) groups excluding carboxylic acids is 1. The Morgan fingerprint density at radius 2 is 2.25 bits per heavy atom. The third kappa shape index (κ3) is 1.52. The van der Waals surface area contributed by atoms with Crippen LogP contribution in [-0.2, 0) is 0 Å². The summed E-state index contributed by atoms with van der Waals surface area (Å²) in [5.41, 5.74) is 0.712. The number of aryl methyl sites for hydroxylation is 1. The summed E-state index contributed by atoms with van der Waals surface area (Å²) < 4.78 is 13.5. The van der Waals surface area contributed by atoms with Crippen molar-refractivity contribution in [3.05, 3.63) is 32.5 Å². The average Bonchev–Trinajstić information content (AvgIpc) is 2.02. The highest BCUT2D eigenvalue weighted by molar-refractivity contribution is 9.10. The molecule has 0 aliphatic heterocycles. The van der Waals surface area contributed by atoms with Crippen LogP contribution in [0, 0.1) is 12.7 Å². The van der Waals surface area contributed by atoms with Crippen molar-refractivity contribution in [2.45, 2.75) is 6.92 Å². The molecule has 0 bridgehead atoms. The van der Waals surface area contributed by atoms with Crippen LogP contribution in [0.15, 0.2) is 10.5 Å². The molecular formula is C8H5BrClFO. The molecule has 0 fully saturated rings. The highest BCUT2D eigenvalue weighted by Crippen LogP contribution is 2.28. The lowest BCUT2D eigenvalue weighted by Crippen LogP contribution is -1.93. The highest BCUT2D eigenvalue weighted by atomic mass is 79.9. The zero-order valence-corrected chi connectivity index (χ0v) is 8.54. The van der Waals surface area contributed by atoms with Gasteiger partial charge in [-0.25, -0.2) is 4.39 Å². The Kier molecular flexibility index (Phi) is 2.85. The molecule has 1 nitrogen and oxygen atoms in total. The van der Waals surface area contributed by atoms with E-state index in [1.54, 1.807) is 6.92 Å². The number of hydrogen-bond acceptors (Lipinski definition) is 1. The van der Waals surface area contributed by atoms with Crippen molar-refractivity contribution in [2.24, 2.45) is 0 Å². The Hall–Kier alpha value is -0.410. The summed E-state index contributed by atoms with van der Waals surface area (Å²) in [5, 5.41) is -0.0298. The number of benzene rings is 1. The second kappa shape index (κ2) is 3.54. The number of halogens is 3. The monoisotopic (exact) mass is 250 g/mol. The van der Waals surface area contributed by atoms with Gasteiger partial charge in [-0.15, -0.1) is 0 Å². The number of aldehydes is 1. The molecule has 0 heterocycles. The molecule has 0 radical (unpaired) electrons. The lowest BCUT2D eigenvalue weighted by molar-refractivity contribution is 0.111. The molecule has 0 amide bonds. The minimum atomic E-state index is -0.677. The van der Waals surface area contributed by atoms with Crippen LogP contribution in [0.5, 0.6) is 0 Å². The second-order valence-electron chi connectivity index (χ2n) is 2.33. The second-order valence-corrected chi connectivity index (χ2v) is 3.53. The van der Waals surface area contributed by atoms with E-state index in [1.807, 2.05) is 0 Å². The van der Waals surface area contributed by atoms with Crippen LogP contribution in [0.25, 0.3) is 0 Å². The molecule has 0 unspecified atom stereocenters. The zero-order chi connectivity index (χ0) is 9.30. The van der Waals surface area contributed by atoms with E-state index in [0.29, 0.717) is 10.8 Å². The minimum absolute atomic E-state index is 0.0278. The first-order chi connectivity index (χ1) is 5.57.